The van der Waals surface area contributed by atoms with E-state index in [1.807, 2.05) is 0 Å². The Kier molecular flexibility index (Phi) is 3.04. The fraction of sp³-hybridized carbons (Fsp3) is 0.750. The molecule has 0 aliphatic rings. The molecule has 0 amide bonds. The molecule has 0 saturated heterocycles. The minimum atomic E-state index is -0.810. The largest absolute Gasteiger partial charge is 0.385 e. The van der Waals surface area contributed by atoms with Gasteiger partial charge in [-0.05, 0) is 13.2 Å². The van der Waals surface area contributed by atoms with Crippen molar-refractivity contribution < 1.29 is 9.90 Å². The Morgan fingerprint density at radius 2 is 2.29 bits per heavy atom. The van der Waals surface area contributed by atoms with Crippen LogP contribution in [0, 0.1) is 0 Å². The standard InChI is InChI=1S/C4H8O2S/c1-3(5)4(6)7-2/h3,5H,1-2H3/t3-/m0/s1. The van der Waals surface area contributed by atoms with Crippen molar-refractivity contribution in [2.75, 3.05) is 6.26 Å². The lowest BCUT2D eigenvalue weighted by Gasteiger charge is -1.94. The second kappa shape index (κ2) is 3.04. The molecule has 0 aromatic rings. The van der Waals surface area contributed by atoms with E-state index in [0.717, 1.165) is 11.8 Å². The summed E-state index contributed by atoms with van der Waals surface area (Å²) in [5.74, 6) is 0. The Bertz CT molecular complexity index is 70.1. The summed E-state index contributed by atoms with van der Waals surface area (Å²) in [5, 5.41) is 8.27. The summed E-state index contributed by atoms with van der Waals surface area (Å²) >= 11 is 1.04. The molecule has 1 atom stereocenters. The Labute approximate surface area is 46.9 Å². The van der Waals surface area contributed by atoms with Crippen molar-refractivity contribution >= 4 is 16.9 Å². The van der Waals surface area contributed by atoms with Crippen molar-refractivity contribution in [1.82, 2.24) is 0 Å². The zero-order valence-corrected chi connectivity index (χ0v) is 5.16. The van der Waals surface area contributed by atoms with Gasteiger partial charge in [0.15, 0.2) is 0 Å². The number of aliphatic hydroxyl groups excluding tert-OH is 1. The van der Waals surface area contributed by atoms with Crippen molar-refractivity contribution in [2.24, 2.45) is 0 Å². The van der Waals surface area contributed by atoms with E-state index in [-0.39, 0.29) is 5.12 Å². The summed E-state index contributed by atoms with van der Waals surface area (Å²) in [5.41, 5.74) is 0. The lowest BCUT2D eigenvalue weighted by atomic mass is 10.5. The number of carbonyl (C=O) groups is 1. The Balaban J connectivity index is 3.35. The molecule has 0 aliphatic carbocycles. The second-order valence-electron chi connectivity index (χ2n) is 1.20. The van der Waals surface area contributed by atoms with Gasteiger partial charge in [-0.1, -0.05) is 11.8 Å². The number of aliphatic hydroxyl groups is 1. The lowest BCUT2D eigenvalue weighted by molar-refractivity contribution is -0.117. The van der Waals surface area contributed by atoms with Crippen LogP contribution in [0.15, 0.2) is 0 Å². The minimum absolute atomic E-state index is 0.181. The Morgan fingerprint density at radius 1 is 1.86 bits per heavy atom. The summed E-state index contributed by atoms with van der Waals surface area (Å²) in [6.45, 7) is 1.46. The monoisotopic (exact) mass is 120 g/mol. The fourth-order valence-electron chi connectivity index (χ4n) is 0.171. The molecule has 0 rings (SSSR count). The van der Waals surface area contributed by atoms with Crippen molar-refractivity contribution in [3.8, 4) is 0 Å². The maximum atomic E-state index is 10.2. The van der Waals surface area contributed by atoms with Crippen molar-refractivity contribution in [3.63, 3.8) is 0 Å². The van der Waals surface area contributed by atoms with Crippen molar-refractivity contribution in [1.29, 1.82) is 0 Å². The average Bonchev–Trinajstić information content (AvgIpc) is 1.65. The smallest absolute Gasteiger partial charge is 0.216 e. The van der Waals surface area contributed by atoms with E-state index >= 15 is 0 Å². The maximum absolute atomic E-state index is 10.2. The first-order valence-corrected chi connectivity index (χ1v) is 3.17. The number of hydrogen-bond donors (Lipinski definition) is 1. The van der Waals surface area contributed by atoms with E-state index in [0.29, 0.717) is 0 Å². The Hall–Kier alpha value is -0.0200. The van der Waals surface area contributed by atoms with E-state index in [1.54, 1.807) is 6.26 Å². The molecular weight excluding hydrogens is 112 g/mol. The van der Waals surface area contributed by atoms with Gasteiger partial charge in [-0.15, -0.1) is 0 Å². The highest BCUT2D eigenvalue weighted by Crippen LogP contribution is 1.97. The molecule has 0 heterocycles. The Morgan fingerprint density at radius 3 is 2.29 bits per heavy atom. The van der Waals surface area contributed by atoms with Gasteiger partial charge in [-0.2, -0.15) is 0 Å². The lowest BCUT2D eigenvalue weighted by Crippen LogP contribution is -2.10. The molecular formula is C4H8O2S. The zero-order chi connectivity index (χ0) is 5.86. The minimum Gasteiger partial charge on any atom is -0.385 e. The normalized spacial score (nSPS) is 13.6. The molecule has 1 N–H and O–H groups in total. The highest BCUT2D eigenvalue weighted by atomic mass is 32.2. The third kappa shape index (κ3) is 2.65. The van der Waals surface area contributed by atoms with E-state index < -0.39 is 6.10 Å². The number of thioether (sulfide) groups is 1. The number of rotatable bonds is 1. The van der Waals surface area contributed by atoms with Gasteiger partial charge < -0.3 is 5.11 Å². The molecule has 2 nitrogen and oxygen atoms in total. The second-order valence-corrected chi connectivity index (χ2v) is 2.01. The van der Waals surface area contributed by atoms with Gasteiger partial charge in [0.2, 0.25) is 5.12 Å². The van der Waals surface area contributed by atoms with Crippen LogP contribution in [0.25, 0.3) is 0 Å². The molecule has 0 fully saturated rings. The summed E-state index contributed by atoms with van der Waals surface area (Å²) in [6.07, 6.45) is 0.838. The molecule has 0 radical (unpaired) electrons. The van der Waals surface area contributed by atoms with Crippen LogP contribution < -0.4 is 0 Å². The van der Waals surface area contributed by atoms with Crippen molar-refractivity contribution in [3.05, 3.63) is 0 Å². The fourth-order valence-corrected chi connectivity index (χ4v) is 0.512. The van der Waals surface area contributed by atoms with E-state index in [4.69, 9.17) is 5.11 Å². The van der Waals surface area contributed by atoms with Crippen LogP contribution in [0.3, 0.4) is 0 Å². The predicted octanol–water partition coefficient (Wildman–Crippen LogP) is 0.257. The van der Waals surface area contributed by atoms with Gasteiger partial charge in [0.1, 0.15) is 6.10 Å². The summed E-state index contributed by atoms with van der Waals surface area (Å²) in [7, 11) is 0. The van der Waals surface area contributed by atoms with E-state index in [1.165, 1.54) is 6.92 Å². The quantitative estimate of drug-likeness (QED) is 0.539. The highest BCUT2D eigenvalue weighted by molar-refractivity contribution is 8.13. The topological polar surface area (TPSA) is 37.3 Å². The first-order chi connectivity index (χ1) is 3.18. The molecule has 0 aliphatic heterocycles. The van der Waals surface area contributed by atoms with Gasteiger partial charge in [0, 0.05) is 0 Å². The van der Waals surface area contributed by atoms with Crippen LogP contribution >= 0.6 is 11.8 Å². The summed E-state index contributed by atoms with van der Waals surface area (Å²) in [4.78, 5) is 10.2. The highest BCUT2D eigenvalue weighted by Gasteiger charge is 2.03. The van der Waals surface area contributed by atoms with Gasteiger partial charge in [0.05, 0.1) is 0 Å². The number of hydrogen-bond acceptors (Lipinski definition) is 3. The predicted molar refractivity (Wildman–Crippen MR) is 30.2 cm³/mol. The molecule has 0 aromatic carbocycles. The first-order valence-electron chi connectivity index (χ1n) is 1.94. The summed E-state index contributed by atoms with van der Waals surface area (Å²) < 4.78 is 0. The zero-order valence-electron chi connectivity index (χ0n) is 4.34. The van der Waals surface area contributed by atoms with Crippen LogP contribution in [-0.2, 0) is 4.79 Å². The van der Waals surface area contributed by atoms with Crippen LogP contribution in [0.1, 0.15) is 6.92 Å². The van der Waals surface area contributed by atoms with Crippen LogP contribution in [0.5, 0.6) is 0 Å². The number of carbonyl (C=O) groups excluding carboxylic acids is 1. The van der Waals surface area contributed by atoms with E-state index in [9.17, 15) is 4.79 Å². The van der Waals surface area contributed by atoms with Gasteiger partial charge in [-0.3, -0.25) is 4.79 Å². The van der Waals surface area contributed by atoms with Gasteiger partial charge in [0.25, 0.3) is 0 Å². The average molecular weight is 120 g/mol. The maximum Gasteiger partial charge on any atom is 0.216 e. The van der Waals surface area contributed by atoms with Gasteiger partial charge in [-0.25, -0.2) is 0 Å². The van der Waals surface area contributed by atoms with E-state index in [2.05, 4.69) is 0 Å². The molecule has 7 heavy (non-hydrogen) atoms. The molecule has 42 valence electrons. The molecule has 0 saturated carbocycles. The molecule has 3 heteroatoms. The van der Waals surface area contributed by atoms with Crippen LogP contribution in [0.4, 0.5) is 0 Å². The molecule has 0 spiro atoms. The third-order valence-electron chi connectivity index (χ3n) is 0.542. The van der Waals surface area contributed by atoms with Crippen LogP contribution in [0.2, 0.25) is 0 Å². The van der Waals surface area contributed by atoms with Gasteiger partial charge >= 0.3 is 0 Å². The van der Waals surface area contributed by atoms with Crippen molar-refractivity contribution in [2.45, 2.75) is 13.0 Å². The SMILES string of the molecule is CSC(=O)[C@H](C)O. The van der Waals surface area contributed by atoms with Crippen LogP contribution in [-0.4, -0.2) is 22.6 Å². The first kappa shape index (κ1) is 6.98. The summed E-state index contributed by atoms with van der Waals surface area (Å²) in [6, 6.07) is 0. The molecule has 0 bridgehead atoms. The molecule has 0 unspecified atom stereocenters. The third-order valence-corrected chi connectivity index (χ3v) is 1.29. The molecule has 0 aromatic heterocycles.